The zero-order chi connectivity index (χ0) is 25.0. The predicted molar refractivity (Wildman–Crippen MR) is 137 cm³/mol. The summed E-state index contributed by atoms with van der Waals surface area (Å²) in [5, 5.41) is 2.92. The lowest BCUT2D eigenvalue weighted by molar-refractivity contribution is -0.132. The van der Waals surface area contributed by atoms with E-state index in [1.54, 1.807) is 22.1 Å². The number of benzene rings is 2. The lowest BCUT2D eigenvalue weighted by Gasteiger charge is -2.28. The van der Waals surface area contributed by atoms with Crippen molar-refractivity contribution in [2.45, 2.75) is 33.7 Å². The van der Waals surface area contributed by atoms with E-state index in [-0.39, 0.29) is 24.4 Å². The van der Waals surface area contributed by atoms with Gasteiger partial charge in [-0.3, -0.25) is 4.79 Å². The van der Waals surface area contributed by atoms with E-state index < -0.39 is 0 Å². The lowest BCUT2D eigenvalue weighted by atomic mass is 10.1. The number of nitrogens with one attached hydrogen (secondary N) is 1. The van der Waals surface area contributed by atoms with Crippen LogP contribution in [0.4, 0.5) is 10.5 Å². The lowest BCUT2D eigenvalue weighted by Crippen LogP contribution is -2.46. The molecular weight excluding hydrogens is 442 g/mol. The average Bonchev–Trinajstić information content (AvgIpc) is 3.36. The normalized spacial score (nSPS) is 10.7. The Morgan fingerprint density at radius 2 is 1.71 bits per heavy atom. The Morgan fingerprint density at radius 1 is 0.971 bits per heavy atom. The Labute approximate surface area is 207 Å². The second-order valence-electron chi connectivity index (χ2n) is 8.76. The first kappa shape index (κ1) is 25.9. The summed E-state index contributed by atoms with van der Waals surface area (Å²) < 4.78 is 11.1. The first-order chi connectivity index (χ1) is 17.0. The summed E-state index contributed by atoms with van der Waals surface area (Å²) in [5.41, 5.74) is 1.73. The molecule has 3 rings (SSSR count). The highest BCUT2D eigenvalue weighted by atomic mass is 16.5. The summed E-state index contributed by atoms with van der Waals surface area (Å²) >= 11 is 0. The molecule has 0 radical (unpaired) electrons. The van der Waals surface area contributed by atoms with Gasteiger partial charge in [0.15, 0.2) is 0 Å². The average molecular weight is 478 g/mol. The number of carbonyl (C=O) groups excluding carboxylic acids is 2. The summed E-state index contributed by atoms with van der Waals surface area (Å²) in [6.45, 7) is 7.72. The molecule has 1 N–H and O–H groups in total. The highest BCUT2D eigenvalue weighted by molar-refractivity contribution is 5.93. The van der Waals surface area contributed by atoms with Crippen molar-refractivity contribution in [2.24, 2.45) is 5.92 Å². The molecule has 1 heterocycles. The minimum atomic E-state index is -0.333. The van der Waals surface area contributed by atoms with Crippen LogP contribution < -0.4 is 10.1 Å². The van der Waals surface area contributed by atoms with Gasteiger partial charge in [0.25, 0.3) is 0 Å². The van der Waals surface area contributed by atoms with Crippen LogP contribution in [0.15, 0.2) is 77.4 Å². The predicted octanol–water partition coefficient (Wildman–Crippen LogP) is 5.44. The Hall–Kier alpha value is -3.74. The van der Waals surface area contributed by atoms with Gasteiger partial charge in [-0.15, -0.1) is 0 Å². The van der Waals surface area contributed by atoms with Crippen LogP contribution in [-0.2, 0) is 17.8 Å². The molecule has 0 aliphatic carbocycles. The number of carbonyl (C=O) groups is 2. The molecule has 0 atom stereocenters. The second kappa shape index (κ2) is 13.2. The molecule has 2 aromatic carbocycles. The molecule has 35 heavy (non-hydrogen) atoms. The number of rotatable bonds is 12. The number of furan rings is 1. The molecule has 7 nitrogen and oxygen atoms in total. The number of ether oxygens (including phenoxy) is 1. The van der Waals surface area contributed by atoms with E-state index in [0.29, 0.717) is 49.9 Å². The second-order valence-corrected chi connectivity index (χ2v) is 8.76. The van der Waals surface area contributed by atoms with Crippen LogP contribution >= 0.6 is 0 Å². The number of nitrogens with zero attached hydrogens (tertiary/aromatic N) is 2. The van der Waals surface area contributed by atoms with Crippen LogP contribution in [0.1, 0.15) is 32.1 Å². The van der Waals surface area contributed by atoms with Crippen LogP contribution in [0, 0.1) is 5.92 Å². The number of urea groups is 1. The van der Waals surface area contributed by atoms with Gasteiger partial charge in [0, 0.05) is 13.1 Å². The zero-order valence-electron chi connectivity index (χ0n) is 20.8. The van der Waals surface area contributed by atoms with Crippen molar-refractivity contribution in [3.05, 3.63) is 84.3 Å². The number of para-hydroxylation sites is 2. The minimum Gasteiger partial charge on any atom is -0.492 e. The largest absolute Gasteiger partial charge is 0.492 e. The standard InChI is InChI=1S/C28H35N3O4/c1-4-34-26-15-9-8-14-25(26)29-28(33)31(19-22(2)3)21-27(32)30(20-24-13-10-18-35-24)17-16-23-11-6-5-7-12-23/h5-15,18,22H,4,16-17,19-21H2,1-3H3,(H,29,33). The van der Waals surface area contributed by atoms with Gasteiger partial charge in [-0.05, 0) is 49.1 Å². The SMILES string of the molecule is CCOc1ccccc1NC(=O)N(CC(=O)N(CCc1ccccc1)Cc1ccco1)CC(C)C. The quantitative estimate of drug-likeness (QED) is 0.377. The van der Waals surface area contributed by atoms with E-state index in [4.69, 9.17) is 9.15 Å². The third kappa shape index (κ3) is 8.21. The van der Waals surface area contributed by atoms with Gasteiger partial charge in [0.05, 0.1) is 25.1 Å². The molecule has 186 valence electrons. The molecule has 0 spiro atoms. The minimum absolute atomic E-state index is 0.0314. The van der Waals surface area contributed by atoms with Crippen molar-refractivity contribution in [3.8, 4) is 5.75 Å². The number of amides is 3. The van der Waals surface area contributed by atoms with Crippen LogP contribution in [0.5, 0.6) is 5.75 Å². The molecule has 0 saturated heterocycles. The molecule has 3 aromatic rings. The van der Waals surface area contributed by atoms with Gasteiger partial charge < -0.3 is 24.3 Å². The monoisotopic (exact) mass is 477 g/mol. The molecule has 0 aliphatic heterocycles. The van der Waals surface area contributed by atoms with Crippen LogP contribution in [0.25, 0.3) is 0 Å². The topological polar surface area (TPSA) is 75.0 Å². The third-order valence-electron chi connectivity index (χ3n) is 5.42. The van der Waals surface area contributed by atoms with E-state index in [1.807, 2.05) is 81.4 Å². The Kier molecular flexibility index (Phi) is 9.78. The van der Waals surface area contributed by atoms with Gasteiger partial charge in [-0.2, -0.15) is 0 Å². The van der Waals surface area contributed by atoms with Crippen LogP contribution in [-0.4, -0.2) is 48.0 Å². The van der Waals surface area contributed by atoms with Gasteiger partial charge in [-0.1, -0.05) is 56.3 Å². The van der Waals surface area contributed by atoms with Crippen LogP contribution in [0.3, 0.4) is 0 Å². The molecule has 3 amide bonds. The maximum absolute atomic E-state index is 13.4. The van der Waals surface area contributed by atoms with Crippen molar-refractivity contribution >= 4 is 17.6 Å². The number of hydrogen-bond acceptors (Lipinski definition) is 4. The molecule has 0 bridgehead atoms. The summed E-state index contributed by atoms with van der Waals surface area (Å²) in [6, 6.07) is 20.7. The molecule has 0 unspecified atom stereocenters. The van der Waals surface area contributed by atoms with Gasteiger partial charge >= 0.3 is 6.03 Å². The molecule has 0 saturated carbocycles. The van der Waals surface area contributed by atoms with Crippen molar-refractivity contribution in [2.75, 3.05) is 31.6 Å². The highest BCUT2D eigenvalue weighted by Crippen LogP contribution is 2.24. The number of hydrogen-bond donors (Lipinski definition) is 1. The van der Waals surface area contributed by atoms with E-state index in [0.717, 1.165) is 5.56 Å². The molecule has 7 heteroatoms. The number of anilines is 1. The van der Waals surface area contributed by atoms with Gasteiger partial charge in [0.1, 0.15) is 18.1 Å². The van der Waals surface area contributed by atoms with E-state index in [2.05, 4.69) is 5.32 Å². The summed E-state index contributed by atoms with van der Waals surface area (Å²) in [5.74, 6) is 1.36. The Bertz CT molecular complexity index is 1050. The zero-order valence-corrected chi connectivity index (χ0v) is 20.8. The molecular formula is C28H35N3O4. The fourth-order valence-electron chi connectivity index (χ4n) is 3.76. The van der Waals surface area contributed by atoms with E-state index in [9.17, 15) is 9.59 Å². The van der Waals surface area contributed by atoms with Crippen molar-refractivity contribution in [1.29, 1.82) is 0 Å². The van der Waals surface area contributed by atoms with Gasteiger partial charge in [-0.25, -0.2) is 4.79 Å². The molecule has 0 fully saturated rings. The fraction of sp³-hybridized carbons (Fsp3) is 0.357. The maximum atomic E-state index is 13.4. The van der Waals surface area contributed by atoms with Crippen molar-refractivity contribution in [1.82, 2.24) is 9.80 Å². The molecule has 0 aliphatic rings. The fourth-order valence-corrected chi connectivity index (χ4v) is 3.76. The van der Waals surface area contributed by atoms with Gasteiger partial charge in [0.2, 0.25) is 5.91 Å². The maximum Gasteiger partial charge on any atom is 0.322 e. The molecule has 1 aromatic heterocycles. The Morgan fingerprint density at radius 3 is 2.40 bits per heavy atom. The summed E-state index contributed by atoms with van der Waals surface area (Å²) in [4.78, 5) is 30.0. The first-order valence-electron chi connectivity index (χ1n) is 12.1. The van der Waals surface area contributed by atoms with Crippen LogP contribution in [0.2, 0.25) is 0 Å². The van der Waals surface area contributed by atoms with E-state index >= 15 is 0 Å². The highest BCUT2D eigenvalue weighted by Gasteiger charge is 2.23. The first-order valence-corrected chi connectivity index (χ1v) is 12.1. The van der Waals surface area contributed by atoms with Crippen molar-refractivity contribution < 1.29 is 18.7 Å². The smallest absolute Gasteiger partial charge is 0.322 e. The van der Waals surface area contributed by atoms with E-state index in [1.165, 1.54) is 0 Å². The third-order valence-corrected chi connectivity index (χ3v) is 5.42. The van der Waals surface area contributed by atoms with Crippen molar-refractivity contribution in [3.63, 3.8) is 0 Å². The summed E-state index contributed by atoms with van der Waals surface area (Å²) in [7, 11) is 0. The Balaban J connectivity index is 1.73. The summed E-state index contributed by atoms with van der Waals surface area (Å²) in [6.07, 6.45) is 2.31.